The van der Waals surface area contributed by atoms with Crippen molar-refractivity contribution < 1.29 is 19.1 Å². The van der Waals surface area contributed by atoms with Gasteiger partial charge < -0.3 is 9.47 Å². The average Bonchev–Trinajstić information content (AvgIpc) is 2.78. The fourth-order valence-corrected chi connectivity index (χ4v) is 3.65. The van der Waals surface area contributed by atoms with Gasteiger partial charge in [0.25, 0.3) is 11.8 Å². The summed E-state index contributed by atoms with van der Waals surface area (Å²) in [5.41, 5.74) is 3.72. The third kappa shape index (κ3) is 4.73. The number of likely N-dealkylation sites (N-methyl/N-ethyl adjacent to an activating group) is 2. The average molecular weight is 451 g/mol. The number of nitrogens with zero attached hydrogens (tertiary/aromatic N) is 2. The van der Waals surface area contributed by atoms with E-state index in [0.717, 1.165) is 16.7 Å². The molecule has 6 nitrogen and oxygen atoms in total. The van der Waals surface area contributed by atoms with Gasteiger partial charge in [0.05, 0.1) is 7.11 Å². The van der Waals surface area contributed by atoms with Gasteiger partial charge in [-0.15, -0.1) is 6.58 Å². The number of amides is 2. The Morgan fingerprint density at radius 3 is 2.38 bits per heavy atom. The zero-order valence-corrected chi connectivity index (χ0v) is 19.5. The van der Waals surface area contributed by atoms with Crippen molar-refractivity contribution in [3.63, 3.8) is 0 Å². The minimum Gasteiger partial charge on any atom is -0.493 e. The van der Waals surface area contributed by atoms with E-state index in [1.54, 1.807) is 39.4 Å². The maximum atomic E-state index is 12.7. The van der Waals surface area contributed by atoms with E-state index in [2.05, 4.69) is 12.6 Å². The van der Waals surface area contributed by atoms with E-state index in [-0.39, 0.29) is 10.7 Å². The molecule has 2 aromatic rings. The fraction of sp³-hybridized carbons (Fsp3) is 0.240. The van der Waals surface area contributed by atoms with Crippen molar-refractivity contribution in [2.45, 2.75) is 20.0 Å². The molecule has 1 aliphatic rings. The lowest BCUT2D eigenvalue weighted by Crippen LogP contribution is -2.52. The zero-order chi connectivity index (χ0) is 23.4. The molecule has 0 N–H and O–H groups in total. The molecular weight excluding hydrogens is 424 g/mol. The molecule has 0 bridgehead atoms. The van der Waals surface area contributed by atoms with Gasteiger partial charge in [-0.2, -0.15) is 0 Å². The number of thiocarbonyl (C=S) groups is 1. The van der Waals surface area contributed by atoms with Gasteiger partial charge in [-0.3, -0.25) is 19.4 Å². The first-order valence-corrected chi connectivity index (χ1v) is 10.5. The van der Waals surface area contributed by atoms with Crippen molar-refractivity contribution >= 4 is 35.2 Å². The fourth-order valence-electron chi connectivity index (χ4n) is 3.49. The van der Waals surface area contributed by atoms with Crippen LogP contribution in [-0.4, -0.2) is 47.9 Å². The van der Waals surface area contributed by atoms with Crippen molar-refractivity contribution in [3.8, 4) is 11.5 Å². The Morgan fingerprint density at radius 2 is 1.78 bits per heavy atom. The van der Waals surface area contributed by atoms with Crippen LogP contribution in [0.5, 0.6) is 11.5 Å². The number of allylic oxidation sites excluding steroid dienone is 1. The lowest BCUT2D eigenvalue weighted by atomic mass is 10.0. The summed E-state index contributed by atoms with van der Waals surface area (Å²) in [7, 11) is 4.65. The van der Waals surface area contributed by atoms with Crippen LogP contribution >= 0.6 is 12.2 Å². The third-order valence-electron chi connectivity index (χ3n) is 5.16. The lowest BCUT2D eigenvalue weighted by Gasteiger charge is -2.31. The van der Waals surface area contributed by atoms with E-state index in [0.29, 0.717) is 30.1 Å². The topological polar surface area (TPSA) is 59.1 Å². The van der Waals surface area contributed by atoms with E-state index >= 15 is 0 Å². The Kier molecular flexibility index (Phi) is 7.10. The Morgan fingerprint density at radius 1 is 1.09 bits per heavy atom. The predicted molar refractivity (Wildman–Crippen MR) is 129 cm³/mol. The summed E-state index contributed by atoms with van der Waals surface area (Å²) in [5, 5.41) is 0.168. The summed E-state index contributed by atoms with van der Waals surface area (Å²) in [5.74, 6) is 0.230. The number of methoxy groups -OCH3 is 1. The first-order valence-electron chi connectivity index (χ1n) is 10.1. The molecule has 32 heavy (non-hydrogen) atoms. The first-order chi connectivity index (χ1) is 15.3. The smallest absolute Gasteiger partial charge is 0.265 e. The van der Waals surface area contributed by atoms with Crippen molar-refractivity contribution in [1.29, 1.82) is 0 Å². The molecule has 2 amide bonds. The number of benzene rings is 2. The highest BCUT2D eigenvalue weighted by Crippen LogP contribution is 2.35. The van der Waals surface area contributed by atoms with Gasteiger partial charge in [-0.25, -0.2) is 0 Å². The van der Waals surface area contributed by atoms with Crippen LogP contribution in [0.3, 0.4) is 0 Å². The molecule has 1 heterocycles. The normalized spacial score (nSPS) is 14.0. The van der Waals surface area contributed by atoms with Crippen LogP contribution in [0.4, 0.5) is 0 Å². The molecule has 2 aromatic carbocycles. The summed E-state index contributed by atoms with van der Waals surface area (Å²) in [6.45, 7) is 6.25. The van der Waals surface area contributed by atoms with Crippen molar-refractivity contribution in [1.82, 2.24) is 9.80 Å². The highest BCUT2D eigenvalue weighted by Gasteiger charge is 2.35. The molecule has 166 valence electrons. The standard InChI is InChI=1S/C25H26N2O4S/c1-6-8-19-12-18(13-20-23(28)26(3)25(32)27(4)24(20)29)14-21(30-5)22(19)31-15-17-10-7-9-16(2)11-17/h6-7,9-14H,1,8,15H2,2-5H3. The molecule has 3 rings (SSSR count). The van der Waals surface area contributed by atoms with Crippen LogP contribution in [0.2, 0.25) is 0 Å². The Balaban J connectivity index is 2.00. The number of ether oxygens (including phenoxy) is 2. The Labute approximate surface area is 193 Å². The first kappa shape index (κ1) is 23.2. The van der Waals surface area contributed by atoms with E-state index in [9.17, 15) is 9.59 Å². The van der Waals surface area contributed by atoms with Gasteiger partial charge in [0.15, 0.2) is 16.6 Å². The maximum Gasteiger partial charge on any atom is 0.265 e. The molecule has 1 aliphatic heterocycles. The van der Waals surface area contributed by atoms with Crippen molar-refractivity contribution in [2.24, 2.45) is 0 Å². The molecule has 0 aliphatic carbocycles. The summed E-state index contributed by atoms with van der Waals surface area (Å²) in [6.07, 6.45) is 3.85. The van der Waals surface area contributed by atoms with Crippen LogP contribution in [0.15, 0.2) is 54.6 Å². The maximum absolute atomic E-state index is 12.7. The van der Waals surface area contributed by atoms with Crippen LogP contribution in [-0.2, 0) is 22.6 Å². The largest absolute Gasteiger partial charge is 0.493 e. The SMILES string of the molecule is C=CCc1cc(C=C2C(=O)N(C)C(=S)N(C)C2=O)cc(OC)c1OCc1cccc(C)c1. The molecule has 1 saturated heterocycles. The van der Waals surface area contributed by atoms with Crippen LogP contribution in [0.1, 0.15) is 22.3 Å². The van der Waals surface area contributed by atoms with E-state index in [1.165, 1.54) is 9.80 Å². The quantitative estimate of drug-likeness (QED) is 0.277. The van der Waals surface area contributed by atoms with Crippen LogP contribution in [0.25, 0.3) is 6.08 Å². The second-order valence-electron chi connectivity index (χ2n) is 7.55. The number of hydrogen-bond donors (Lipinski definition) is 0. The molecule has 0 aromatic heterocycles. The van der Waals surface area contributed by atoms with Gasteiger partial charge in [-0.1, -0.05) is 35.9 Å². The van der Waals surface area contributed by atoms with E-state index in [4.69, 9.17) is 21.7 Å². The number of carbonyl (C=O) groups excluding carboxylic acids is 2. The van der Waals surface area contributed by atoms with Gasteiger partial charge in [0.2, 0.25) is 0 Å². The Hall–Kier alpha value is -3.45. The highest BCUT2D eigenvalue weighted by molar-refractivity contribution is 7.80. The molecule has 0 radical (unpaired) electrons. The predicted octanol–water partition coefficient (Wildman–Crippen LogP) is 3.91. The minimum absolute atomic E-state index is 0.0311. The summed E-state index contributed by atoms with van der Waals surface area (Å²) in [6, 6.07) is 11.7. The van der Waals surface area contributed by atoms with Gasteiger partial charge in [0.1, 0.15) is 12.2 Å². The van der Waals surface area contributed by atoms with Gasteiger partial charge in [0, 0.05) is 19.7 Å². The highest BCUT2D eigenvalue weighted by atomic mass is 32.1. The molecule has 0 unspecified atom stereocenters. The number of hydrogen-bond acceptors (Lipinski definition) is 5. The Bertz CT molecular complexity index is 1100. The monoisotopic (exact) mass is 450 g/mol. The van der Waals surface area contributed by atoms with E-state index < -0.39 is 11.8 Å². The number of aryl methyl sites for hydroxylation is 1. The second kappa shape index (κ2) is 9.78. The van der Waals surface area contributed by atoms with Crippen molar-refractivity contribution in [3.05, 3.63) is 76.9 Å². The molecule has 0 saturated carbocycles. The molecule has 0 spiro atoms. The molecule has 1 fully saturated rings. The van der Waals surface area contributed by atoms with Gasteiger partial charge in [-0.05, 0) is 54.9 Å². The third-order valence-corrected chi connectivity index (χ3v) is 5.71. The minimum atomic E-state index is -0.442. The van der Waals surface area contributed by atoms with Crippen LogP contribution < -0.4 is 9.47 Å². The summed E-state index contributed by atoms with van der Waals surface area (Å²) < 4.78 is 11.7. The molecule has 0 atom stereocenters. The number of rotatable bonds is 7. The van der Waals surface area contributed by atoms with Gasteiger partial charge >= 0.3 is 0 Å². The summed E-state index contributed by atoms with van der Waals surface area (Å²) in [4.78, 5) is 27.9. The lowest BCUT2D eigenvalue weighted by molar-refractivity contribution is -0.132. The van der Waals surface area contributed by atoms with Crippen molar-refractivity contribution in [2.75, 3.05) is 21.2 Å². The summed E-state index contributed by atoms with van der Waals surface area (Å²) >= 11 is 5.15. The zero-order valence-electron chi connectivity index (χ0n) is 18.7. The van der Waals surface area contributed by atoms with E-state index in [1.807, 2.05) is 31.2 Å². The second-order valence-corrected chi connectivity index (χ2v) is 7.92. The molecular formula is C25H26N2O4S. The van der Waals surface area contributed by atoms with Crippen LogP contribution in [0, 0.1) is 6.92 Å². The number of carbonyl (C=O) groups is 2. The molecule has 7 heteroatoms.